The largest absolute Gasteiger partial charge is 0.378 e. The summed E-state index contributed by atoms with van der Waals surface area (Å²) in [5.41, 5.74) is 3.04. The van der Waals surface area contributed by atoms with E-state index in [0.717, 1.165) is 31.2 Å². The van der Waals surface area contributed by atoms with Crippen molar-refractivity contribution in [3.63, 3.8) is 0 Å². The highest BCUT2D eigenvalue weighted by Crippen LogP contribution is 2.39. The first-order valence-corrected chi connectivity index (χ1v) is 11.8. The Kier molecular flexibility index (Phi) is 5.35. The minimum Gasteiger partial charge on any atom is -0.378 e. The third kappa shape index (κ3) is 3.78. The molecule has 7 nitrogen and oxygen atoms in total. The van der Waals surface area contributed by atoms with Gasteiger partial charge in [0.1, 0.15) is 5.52 Å². The first-order chi connectivity index (χ1) is 15.0. The molecule has 2 aliphatic rings. The third-order valence-electron chi connectivity index (χ3n) is 6.54. The summed E-state index contributed by atoms with van der Waals surface area (Å²) in [4.78, 5) is 41.0. The zero-order valence-corrected chi connectivity index (χ0v) is 18.5. The molecular formula is C23H26N4O3S. The molecule has 1 N–H and O–H groups in total. The van der Waals surface area contributed by atoms with Crippen LogP contribution >= 0.6 is 11.3 Å². The normalized spacial score (nSPS) is 18.9. The van der Waals surface area contributed by atoms with Gasteiger partial charge in [0.25, 0.3) is 5.91 Å². The Morgan fingerprint density at radius 3 is 2.74 bits per heavy atom. The molecule has 0 radical (unpaired) electrons. The second-order valence-corrected chi connectivity index (χ2v) is 9.62. The molecule has 0 bridgehead atoms. The first-order valence-electron chi connectivity index (χ1n) is 10.9. The predicted molar refractivity (Wildman–Crippen MR) is 119 cm³/mol. The van der Waals surface area contributed by atoms with Gasteiger partial charge in [0.15, 0.2) is 11.4 Å². The summed E-state index contributed by atoms with van der Waals surface area (Å²) >= 11 is 1.41. The molecule has 31 heavy (non-hydrogen) atoms. The van der Waals surface area contributed by atoms with Gasteiger partial charge in [-0.25, -0.2) is 9.97 Å². The van der Waals surface area contributed by atoms with Gasteiger partial charge in [-0.15, -0.1) is 11.3 Å². The minimum absolute atomic E-state index is 0.0244. The Labute approximate surface area is 184 Å². The standard InChI is InChI=1S/C23H26N4O3S/c1-23(5-3-2-4-6-23)20(28)16-12-24-21-19(16)26-17(13-25-21)15-11-18(31-14-15)22(29)27-7-9-30-10-8-27/h11-14H,2-10H2,1H3,(H,24,25). The highest BCUT2D eigenvalue weighted by Gasteiger charge is 2.36. The molecule has 1 amide bonds. The zero-order valence-electron chi connectivity index (χ0n) is 17.6. The Morgan fingerprint density at radius 2 is 1.97 bits per heavy atom. The third-order valence-corrected chi connectivity index (χ3v) is 7.45. The van der Waals surface area contributed by atoms with E-state index in [1.807, 2.05) is 16.3 Å². The van der Waals surface area contributed by atoms with Crippen LogP contribution in [0.5, 0.6) is 0 Å². The number of hydrogen-bond acceptors (Lipinski definition) is 6. The molecule has 2 fully saturated rings. The summed E-state index contributed by atoms with van der Waals surface area (Å²) in [6.07, 6.45) is 8.67. The molecule has 1 aliphatic carbocycles. The maximum atomic E-state index is 13.4. The summed E-state index contributed by atoms with van der Waals surface area (Å²) in [5.74, 6) is 0.176. The van der Waals surface area contributed by atoms with E-state index in [2.05, 4.69) is 16.9 Å². The number of morpholine rings is 1. The number of nitrogens with zero attached hydrogens (tertiary/aromatic N) is 3. The van der Waals surface area contributed by atoms with Gasteiger partial charge in [-0.05, 0) is 18.9 Å². The number of rotatable bonds is 4. The lowest BCUT2D eigenvalue weighted by atomic mass is 9.71. The number of aromatic nitrogens is 3. The van der Waals surface area contributed by atoms with Gasteiger partial charge in [0.05, 0.1) is 35.5 Å². The fraction of sp³-hybridized carbons (Fsp3) is 0.478. The van der Waals surface area contributed by atoms with Crippen LogP contribution in [0.2, 0.25) is 0 Å². The van der Waals surface area contributed by atoms with E-state index in [0.29, 0.717) is 53.6 Å². The van der Waals surface area contributed by atoms with Gasteiger partial charge in [-0.2, -0.15) is 0 Å². The smallest absolute Gasteiger partial charge is 0.264 e. The summed E-state index contributed by atoms with van der Waals surface area (Å²) in [6.45, 7) is 4.47. The lowest BCUT2D eigenvalue weighted by molar-refractivity contribution is 0.0306. The first kappa shape index (κ1) is 20.3. The van der Waals surface area contributed by atoms with Crippen molar-refractivity contribution in [2.24, 2.45) is 5.41 Å². The van der Waals surface area contributed by atoms with Gasteiger partial charge >= 0.3 is 0 Å². The van der Waals surface area contributed by atoms with Crippen LogP contribution in [0.4, 0.5) is 0 Å². The van der Waals surface area contributed by atoms with Crippen molar-refractivity contribution in [1.29, 1.82) is 0 Å². The number of aromatic amines is 1. The van der Waals surface area contributed by atoms with Crippen LogP contribution in [-0.4, -0.2) is 57.8 Å². The van der Waals surface area contributed by atoms with E-state index in [1.54, 1.807) is 12.4 Å². The molecule has 3 aromatic heterocycles. The van der Waals surface area contributed by atoms with Crippen molar-refractivity contribution in [1.82, 2.24) is 19.9 Å². The highest BCUT2D eigenvalue weighted by atomic mass is 32.1. The fourth-order valence-electron chi connectivity index (χ4n) is 4.59. The van der Waals surface area contributed by atoms with Crippen LogP contribution in [0.25, 0.3) is 22.4 Å². The number of Topliss-reactive ketones (excluding diaryl/α,β-unsaturated/α-hetero) is 1. The van der Waals surface area contributed by atoms with Crippen LogP contribution < -0.4 is 0 Å². The van der Waals surface area contributed by atoms with E-state index in [1.165, 1.54) is 17.8 Å². The number of carbonyl (C=O) groups is 2. The lowest BCUT2D eigenvalue weighted by Crippen LogP contribution is -2.40. The van der Waals surface area contributed by atoms with Gasteiger partial charge in [-0.1, -0.05) is 26.2 Å². The summed E-state index contributed by atoms with van der Waals surface area (Å²) in [7, 11) is 0. The highest BCUT2D eigenvalue weighted by molar-refractivity contribution is 7.12. The molecule has 1 saturated heterocycles. The van der Waals surface area contributed by atoms with Gasteiger partial charge < -0.3 is 14.6 Å². The number of H-pyrrole nitrogens is 1. The number of fused-ring (bicyclic) bond motifs is 1. The molecule has 4 heterocycles. The maximum Gasteiger partial charge on any atom is 0.264 e. The summed E-state index contributed by atoms with van der Waals surface area (Å²) in [5, 5.41) is 1.93. The van der Waals surface area contributed by atoms with Crippen molar-refractivity contribution in [2.75, 3.05) is 26.3 Å². The predicted octanol–water partition coefficient (Wildman–Crippen LogP) is 4.31. The monoisotopic (exact) mass is 438 g/mol. The van der Waals surface area contributed by atoms with Gasteiger partial charge in [0, 0.05) is 35.6 Å². The van der Waals surface area contributed by atoms with Gasteiger partial charge in [0.2, 0.25) is 0 Å². The quantitative estimate of drug-likeness (QED) is 0.613. The van der Waals surface area contributed by atoms with E-state index in [-0.39, 0.29) is 17.1 Å². The van der Waals surface area contributed by atoms with Crippen molar-refractivity contribution in [3.8, 4) is 11.3 Å². The molecular weight excluding hydrogens is 412 g/mol. The number of thiophene rings is 1. The van der Waals surface area contributed by atoms with E-state index < -0.39 is 0 Å². The second-order valence-electron chi connectivity index (χ2n) is 8.71. The molecule has 8 heteroatoms. The Bertz CT molecular complexity index is 1120. The van der Waals surface area contributed by atoms with E-state index in [4.69, 9.17) is 9.72 Å². The van der Waals surface area contributed by atoms with Crippen molar-refractivity contribution in [3.05, 3.63) is 34.3 Å². The lowest BCUT2D eigenvalue weighted by Gasteiger charge is -2.31. The number of ether oxygens (including phenoxy) is 1. The van der Waals surface area contributed by atoms with Crippen molar-refractivity contribution >= 4 is 34.2 Å². The Morgan fingerprint density at radius 1 is 1.19 bits per heavy atom. The van der Waals surface area contributed by atoms with E-state index in [9.17, 15) is 9.59 Å². The molecule has 5 rings (SSSR count). The molecule has 0 unspecified atom stereocenters. The molecule has 162 valence electrons. The molecule has 0 aromatic carbocycles. The summed E-state index contributed by atoms with van der Waals surface area (Å²) < 4.78 is 5.34. The Balaban J connectivity index is 1.44. The van der Waals surface area contributed by atoms with Crippen molar-refractivity contribution < 1.29 is 14.3 Å². The van der Waals surface area contributed by atoms with Crippen LogP contribution in [0.3, 0.4) is 0 Å². The van der Waals surface area contributed by atoms with Crippen LogP contribution in [0.1, 0.15) is 59.1 Å². The minimum atomic E-state index is -0.328. The fourth-order valence-corrected chi connectivity index (χ4v) is 5.46. The van der Waals surface area contributed by atoms with Crippen LogP contribution in [-0.2, 0) is 4.74 Å². The number of amides is 1. The van der Waals surface area contributed by atoms with Crippen LogP contribution in [0.15, 0.2) is 23.8 Å². The molecule has 1 saturated carbocycles. The summed E-state index contributed by atoms with van der Waals surface area (Å²) in [6, 6.07) is 1.87. The van der Waals surface area contributed by atoms with E-state index >= 15 is 0 Å². The average Bonchev–Trinajstić information content (AvgIpc) is 3.46. The average molecular weight is 439 g/mol. The van der Waals surface area contributed by atoms with Gasteiger partial charge in [-0.3, -0.25) is 9.59 Å². The molecule has 1 aliphatic heterocycles. The Hall–Kier alpha value is -2.58. The molecule has 0 spiro atoms. The molecule has 3 aromatic rings. The number of ketones is 1. The SMILES string of the molecule is CC1(C(=O)c2c[nH]c3ncc(-c4csc(C(=O)N5CCOCC5)c4)nc23)CCCCC1. The number of hydrogen-bond donors (Lipinski definition) is 1. The van der Waals surface area contributed by atoms with Crippen molar-refractivity contribution in [2.45, 2.75) is 39.0 Å². The number of carbonyl (C=O) groups excluding carboxylic acids is 2. The van der Waals surface area contributed by atoms with Crippen LogP contribution in [0, 0.1) is 5.41 Å². The topological polar surface area (TPSA) is 88.2 Å². The zero-order chi connectivity index (χ0) is 21.4. The molecule has 0 atom stereocenters. The second kappa shape index (κ2) is 8.16. The maximum absolute atomic E-state index is 13.4. The number of nitrogens with one attached hydrogen (secondary N) is 1.